The highest BCUT2D eigenvalue weighted by atomic mass is 79.9. The first kappa shape index (κ1) is 12.2. The fourth-order valence-corrected chi connectivity index (χ4v) is 1.95. The van der Waals surface area contributed by atoms with E-state index in [2.05, 4.69) is 15.9 Å². The van der Waals surface area contributed by atoms with Crippen molar-refractivity contribution in [3.05, 3.63) is 28.2 Å². The number of carbonyl (C=O) groups excluding carboxylic acids is 1. The zero-order chi connectivity index (χ0) is 11.4. The van der Waals surface area contributed by atoms with E-state index < -0.39 is 0 Å². The van der Waals surface area contributed by atoms with Crippen LogP contribution in [0.1, 0.15) is 17.3 Å². The van der Waals surface area contributed by atoms with Crippen LogP contribution in [0.5, 0.6) is 0 Å². The van der Waals surface area contributed by atoms with Gasteiger partial charge in [-0.15, -0.1) is 0 Å². The molecule has 1 N–H and O–H groups in total. The Morgan fingerprint density at radius 3 is 2.67 bits per heavy atom. The maximum absolute atomic E-state index is 11.2. The molecule has 4 heteroatoms. The van der Waals surface area contributed by atoms with Crippen molar-refractivity contribution in [2.24, 2.45) is 0 Å². The summed E-state index contributed by atoms with van der Waals surface area (Å²) < 4.78 is 0.789. The molecular formula is C11H14BrNO2. The molecule has 0 spiro atoms. The van der Waals surface area contributed by atoms with Crippen molar-refractivity contribution in [2.45, 2.75) is 6.92 Å². The van der Waals surface area contributed by atoms with Crippen LogP contribution in [0.4, 0.5) is 5.69 Å². The summed E-state index contributed by atoms with van der Waals surface area (Å²) in [4.78, 5) is 13.1. The zero-order valence-corrected chi connectivity index (χ0v) is 10.4. The van der Waals surface area contributed by atoms with Crippen LogP contribution in [0.25, 0.3) is 0 Å². The van der Waals surface area contributed by atoms with E-state index in [4.69, 9.17) is 5.11 Å². The number of nitrogens with zero attached hydrogens (tertiary/aromatic N) is 1. The van der Waals surface area contributed by atoms with Gasteiger partial charge >= 0.3 is 0 Å². The van der Waals surface area contributed by atoms with E-state index in [1.807, 2.05) is 24.1 Å². The fraction of sp³-hybridized carbons (Fsp3) is 0.364. The molecule has 0 saturated heterocycles. The van der Waals surface area contributed by atoms with Crippen molar-refractivity contribution in [3.63, 3.8) is 0 Å². The molecule has 0 unspecified atom stereocenters. The second-order valence-corrected chi connectivity index (χ2v) is 4.22. The van der Waals surface area contributed by atoms with Gasteiger partial charge in [-0.05, 0) is 41.1 Å². The third-order valence-corrected chi connectivity index (χ3v) is 2.86. The number of rotatable bonds is 4. The second kappa shape index (κ2) is 5.28. The van der Waals surface area contributed by atoms with Crippen LogP contribution in [0, 0.1) is 0 Å². The van der Waals surface area contributed by atoms with Gasteiger partial charge in [0.2, 0.25) is 0 Å². The molecule has 0 aliphatic rings. The first-order valence-electron chi connectivity index (χ1n) is 4.68. The number of anilines is 1. The molecule has 0 bridgehead atoms. The van der Waals surface area contributed by atoms with Crippen molar-refractivity contribution < 1.29 is 9.90 Å². The molecular weight excluding hydrogens is 258 g/mol. The molecule has 1 aromatic rings. The average Bonchev–Trinajstić information content (AvgIpc) is 2.17. The number of ketones is 1. The Kier molecular flexibility index (Phi) is 4.29. The van der Waals surface area contributed by atoms with Crippen LogP contribution in [-0.2, 0) is 0 Å². The van der Waals surface area contributed by atoms with Crippen LogP contribution >= 0.6 is 15.9 Å². The average molecular weight is 272 g/mol. The number of carbonyl (C=O) groups is 1. The summed E-state index contributed by atoms with van der Waals surface area (Å²) >= 11 is 3.36. The van der Waals surface area contributed by atoms with Gasteiger partial charge in [0.05, 0.1) is 6.61 Å². The lowest BCUT2D eigenvalue weighted by atomic mass is 10.1. The number of hydrogen-bond donors (Lipinski definition) is 1. The molecule has 3 nitrogen and oxygen atoms in total. The number of hydrogen-bond acceptors (Lipinski definition) is 3. The third-order valence-electron chi connectivity index (χ3n) is 2.21. The highest BCUT2D eigenvalue weighted by Crippen LogP contribution is 2.23. The van der Waals surface area contributed by atoms with E-state index in [1.54, 1.807) is 6.07 Å². The van der Waals surface area contributed by atoms with Gasteiger partial charge in [-0.25, -0.2) is 0 Å². The van der Waals surface area contributed by atoms with Crippen LogP contribution in [0.15, 0.2) is 22.7 Å². The lowest BCUT2D eigenvalue weighted by Crippen LogP contribution is -2.21. The van der Waals surface area contributed by atoms with E-state index in [0.29, 0.717) is 12.1 Å². The van der Waals surface area contributed by atoms with Gasteiger partial charge in [-0.3, -0.25) is 4.79 Å². The summed E-state index contributed by atoms with van der Waals surface area (Å²) in [6.45, 7) is 2.23. The van der Waals surface area contributed by atoms with Crippen molar-refractivity contribution in [1.82, 2.24) is 0 Å². The molecule has 0 fully saturated rings. The fourth-order valence-electron chi connectivity index (χ4n) is 1.31. The van der Waals surface area contributed by atoms with Crippen molar-refractivity contribution in [1.29, 1.82) is 0 Å². The van der Waals surface area contributed by atoms with E-state index >= 15 is 0 Å². The smallest absolute Gasteiger partial charge is 0.160 e. The number of halogens is 1. The number of aliphatic hydroxyl groups is 1. The molecule has 0 heterocycles. The topological polar surface area (TPSA) is 40.5 Å². The summed E-state index contributed by atoms with van der Waals surface area (Å²) in [5, 5.41) is 8.80. The number of aliphatic hydroxyl groups excluding tert-OH is 1. The van der Waals surface area contributed by atoms with E-state index in [9.17, 15) is 4.79 Å². The Morgan fingerprint density at radius 1 is 1.53 bits per heavy atom. The van der Waals surface area contributed by atoms with Crippen LogP contribution in [0.3, 0.4) is 0 Å². The highest BCUT2D eigenvalue weighted by molar-refractivity contribution is 9.10. The second-order valence-electron chi connectivity index (χ2n) is 3.37. The predicted molar refractivity (Wildman–Crippen MR) is 64.5 cm³/mol. The molecule has 0 atom stereocenters. The summed E-state index contributed by atoms with van der Waals surface area (Å²) in [5.41, 5.74) is 1.65. The molecule has 15 heavy (non-hydrogen) atoms. The molecule has 0 aromatic heterocycles. The van der Waals surface area contributed by atoms with Gasteiger partial charge in [-0.1, -0.05) is 0 Å². The summed E-state index contributed by atoms with van der Waals surface area (Å²) in [6, 6.07) is 5.54. The maximum Gasteiger partial charge on any atom is 0.160 e. The molecule has 82 valence electrons. The third kappa shape index (κ3) is 3.04. The van der Waals surface area contributed by atoms with Crippen molar-refractivity contribution in [2.75, 3.05) is 25.1 Å². The Morgan fingerprint density at radius 2 is 2.20 bits per heavy atom. The van der Waals surface area contributed by atoms with Crippen LogP contribution in [0.2, 0.25) is 0 Å². The first-order chi connectivity index (χ1) is 7.06. The lowest BCUT2D eigenvalue weighted by Gasteiger charge is -2.18. The summed E-state index contributed by atoms with van der Waals surface area (Å²) in [5.74, 6) is 0.0400. The van der Waals surface area contributed by atoms with Gasteiger partial charge in [0.1, 0.15) is 0 Å². The Hall–Kier alpha value is -0.870. The largest absolute Gasteiger partial charge is 0.395 e. The highest BCUT2D eigenvalue weighted by Gasteiger charge is 2.07. The van der Waals surface area contributed by atoms with Gasteiger partial charge < -0.3 is 10.0 Å². The number of likely N-dealkylation sites (N-methyl/N-ethyl adjacent to an activating group) is 1. The standard InChI is InChI=1S/C11H14BrNO2/c1-8(15)10-4-3-9(7-11(10)12)13(2)5-6-14/h3-4,7,14H,5-6H2,1-2H3. The minimum Gasteiger partial charge on any atom is -0.395 e. The van der Waals surface area contributed by atoms with Gasteiger partial charge in [-0.2, -0.15) is 0 Å². The molecule has 0 amide bonds. The Labute approximate surface area is 97.8 Å². The lowest BCUT2D eigenvalue weighted by molar-refractivity contribution is 0.101. The molecule has 0 radical (unpaired) electrons. The van der Waals surface area contributed by atoms with E-state index in [1.165, 1.54) is 6.92 Å². The van der Waals surface area contributed by atoms with Gasteiger partial charge in [0.15, 0.2) is 5.78 Å². The van der Waals surface area contributed by atoms with Gasteiger partial charge in [0.25, 0.3) is 0 Å². The molecule has 0 aliphatic heterocycles. The van der Waals surface area contributed by atoms with E-state index in [0.717, 1.165) is 10.2 Å². The molecule has 0 aliphatic carbocycles. The molecule has 0 saturated carbocycles. The van der Waals surface area contributed by atoms with Crippen LogP contribution in [-0.4, -0.2) is 31.1 Å². The summed E-state index contributed by atoms with van der Waals surface area (Å²) in [7, 11) is 1.89. The van der Waals surface area contributed by atoms with Crippen LogP contribution < -0.4 is 4.90 Å². The Bertz CT molecular complexity index is 366. The number of Topliss-reactive ketones (excluding diaryl/α,β-unsaturated/α-hetero) is 1. The number of benzene rings is 1. The predicted octanol–water partition coefficient (Wildman–Crippen LogP) is 2.08. The van der Waals surface area contributed by atoms with E-state index in [-0.39, 0.29) is 12.4 Å². The Balaban J connectivity index is 2.96. The normalized spacial score (nSPS) is 10.1. The minimum atomic E-state index is 0.0400. The van der Waals surface area contributed by atoms with Crippen molar-refractivity contribution >= 4 is 27.4 Å². The zero-order valence-electron chi connectivity index (χ0n) is 8.83. The van der Waals surface area contributed by atoms with Gasteiger partial charge in [0, 0.05) is 29.3 Å². The monoisotopic (exact) mass is 271 g/mol. The SMILES string of the molecule is CC(=O)c1ccc(N(C)CCO)cc1Br. The molecule has 1 aromatic carbocycles. The summed E-state index contributed by atoms with van der Waals surface area (Å²) in [6.07, 6.45) is 0. The van der Waals surface area contributed by atoms with Crippen molar-refractivity contribution in [3.8, 4) is 0 Å². The quantitative estimate of drug-likeness (QED) is 0.853. The molecule has 1 rings (SSSR count). The maximum atomic E-state index is 11.2. The minimum absolute atomic E-state index is 0.0400. The first-order valence-corrected chi connectivity index (χ1v) is 5.48.